The van der Waals surface area contributed by atoms with Crippen LogP contribution >= 0.6 is 12.2 Å². The van der Waals surface area contributed by atoms with Gasteiger partial charge in [0.2, 0.25) is 0 Å². The molecular weight excluding hydrogens is 246 g/mol. The Hall–Kier alpha value is -1.62. The summed E-state index contributed by atoms with van der Waals surface area (Å²) >= 11 is 4.99. The molecule has 0 radical (unpaired) electrons. The lowest BCUT2D eigenvalue weighted by atomic mass is 10.2. The molecule has 0 saturated heterocycles. The topological polar surface area (TPSA) is 45.6 Å². The van der Waals surface area contributed by atoms with Gasteiger partial charge in [0.1, 0.15) is 5.75 Å². The first-order valence-corrected chi connectivity index (χ1v) is 6.46. The van der Waals surface area contributed by atoms with E-state index in [9.17, 15) is 0 Å². The molecule has 0 aliphatic rings. The van der Waals surface area contributed by atoms with Crippen LogP contribution in [0.5, 0.6) is 5.75 Å². The SMILES string of the molecule is CCCOc1cccc(/C=N/NC(=S)NCC)c1. The summed E-state index contributed by atoms with van der Waals surface area (Å²) < 4.78 is 5.54. The molecule has 0 aliphatic heterocycles. The minimum absolute atomic E-state index is 0.520. The monoisotopic (exact) mass is 265 g/mol. The van der Waals surface area contributed by atoms with Crippen LogP contribution in [0.4, 0.5) is 0 Å². The lowest BCUT2D eigenvalue weighted by Gasteiger charge is -2.05. The number of nitrogens with one attached hydrogen (secondary N) is 2. The first-order chi connectivity index (χ1) is 8.76. The molecule has 0 saturated carbocycles. The minimum atomic E-state index is 0.520. The molecule has 1 aromatic rings. The molecule has 0 spiro atoms. The van der Waals surface area contributed by atoms with Crippen LogP contribution in [0.25, 0.3) is 0 Å². The third-order valence-corrected chi connectivity index (χ3v) is 2.28. The lowest BCUT2D eigenvalue weighted by molar-refractivity contribution is 0.317. The highest BCUT2D eigenvalue weighted by atomic mass is 32.1. The Morgan fingerprint density at radius 1 is 1.44 bits per heavy atom. The van der Waals surface area contributed by atoms with E-state index in [1.807, 2.05) is 31.2 Å². The minimum Gasteiger partial charge on any atom is -0.494 e. The Morgan fingerprint density at radius 3 is 3.00 bits per heavy atom. The summed E-state index contributed by atoms with van der Waals surface area (Å²) in [5, 5.41) is 7.52. The molecule has 2 N–H and O–H groups in total. The number of thiocarbonyl (C=S) groups is 1. The summed E-state index contributed by atoms with van der Waals surface area (Å²) in [6, 6.07) is 7.77. The second-order valence-electron chi connectivity index (χ2n) is 3.65. The van der Waals surface area contributed by atoms with Gasteiger partial charge in [-0.05, 0) is 43.3 Å². The summed E-state index contributed by atoms with van der Waals surface area (Å²) in [6.45, 7) is 5.56. The maximum Gasteiger partial charge on any atom is 0.186 e. The van der Waals surface area contributed by atoms with Crippen molar-refractivity contribution in [1.29, 1.82) is 0 Å². The fraction of sp³-hybridized carbons (Fsp3) is 0.385. The number of ether oxygens (including phenoxy) is 1. The van der Waals surface area contributed by atoms with Gasteiger partial charge in [-0.1, -0.05) is 19.1 Å². The summed E-state index contributed by atoms with van der Waals surface area (Å²) in [6.07, 6.45) is 2.71. The zero-order valence-electron chi connectivity index (χ0n) is 10.8. The third-order valence-electron chi connectivity index (χ3n) is 2.05. The van der Waals surface area contributed by atoms with Gasteiger partial charge in [-0.2, -0.15) is 5.10 Å². The Labute approximate surface area is 113 Å². The van der Waals surface area contributed by atoms with E-state index in [4.69, 9.17) is 17.0 Å². The van der Waals surface area contributed by atoms with Crippen molar-refractivity contribution in [1.82, 2.24) is 10.7 Å². The van der Waals surface area contributed by atoms with Gasteiger partial charge in [-0.25, -0.2) is 0 Å². The van der Waals surface area contributed by atoms with Crippen molar-refractivity contribution < 1.29 is 4.74 Å². The molecule has 0 atom stereocenters. The fourth-order valence-corrected chi connectivity index (χ4v) is 1.47. The smallest absolute Gasteiger partial charge is 0.186 e. The zero-order chi connectivity index (χ0) is 13.2. The first kappa shape index (κ1) is 14.4. The summed E-state index contributed by atoms with van der Waals surface area (Å²) in [5.41, 5.74) is 3.71. The van der Waals surface area contributed by atoms with Crippen LogP contribution in [0.3, 0.4) is 0 Å². The fourth-order valence-electron chi connectivity index (χ4n) is 1.27. The molecule has 98 valence electrons. The third kappa shape index (κ3) is 5.63. The summed E-state index contributed by atoms with van der Waals surface area (Å²) in [5.74, 6) is 0.857. The van der Waals surface area contributed by atoms with Crippen molar-refractivity contribution in [3.05, 3.63) is 29.8 Å². The number of nitrogens with zero attached hydrogens (tertiary/aromatic N) is 1. The van der Waals surface area contributed by atoms with E-state index in [-0.39, 0.29) is 0 Å². The molecule has 0 aromatic heterocycles. The van der Waals surface area contributed by atoms with Gasteiger partial charge in [0.15, 0.2) is 5.11 Å². The number of benzene rings is 1. The van der Waals surface area contributed by atoms with Crippen LogP contribution < -0.4 is 15.5 Å². The second kappa shape index (κ2) is 8.47. The molecule has 1 rings (SSSR count). The molecule has 1 aromatic carbocycles. The van der Waals surface area contributed by atoms with E-state index in [1.165, 1.54) is 0 Å². The Morgan fingerprint density at radius 2 is 2.28 bits per heavy atom. The maximum absolute atomic E-state index is 5.54. The molecule has 0 unspecified atom stereocenters. The number of hydrogen-bond donors (Lipinski definition) is 2. The Bertz CT molecular complexity index is 407. The van der Waals surface area contributed by atoms with Gasteiger partial charge in [0.25, 0.3) is 0 Å². The van der Waals surface area contributed by atoms with E-state index >= 15 is 0 Å². The molecule has 0 aliphatic carbocycles. The number of hydrogen-bond acceptors (Lipinski definition) is 3. The number of hydrazone groups is 1. The van der Waals surface area contributed by atoms with Gasteiger partial charge >= 0.3 is 0 Å². The maximum atomic E-state index is 5.54. The average Bonchev–Trinajstić information content (AvgIpc) is 2.37. The quantitative estimate of drug-likeness (QED) is 0.470. The Balaban J connectivity index is 2.50. The van der Waals surface area contributed by atoms with Crippen LogP contribution in [0.15, 0.2) is 29.4 Å². The van der Waals surface area contributed by atoms with E-state index in [1.54, 1.807) is 6.21 Å². The van der Waals surface area contributed by atoms with Crippen LogP contribution in [0.1, 0.15) is 25.8 Å². The van der Waals surface area contributed by atoms with E-state index < -0.39 is 0 Å². The second-order valence-corrected chi connectivity index (χ2v) is 4.06. The lowest BCUT2D eigenvalue weighted by Crippen LogP contribution is -2.31. The van der Waals surface area contributed by atoms with E-state index in [0.29, 0.717) is 5.11 Å². The summed E-state index contributed by atoms with van der Waals surface area (Å²) in [4.78, 5) is 0. The van der Waals surface area contributed by atoms with Crippen LogP contribution in [-0.4, -0.2) is 24.5 Å². The van der Waals surface area contributed by atoms with Gasteiger partial charge < -0.3 is 10.1 Å². The van der Waals surface area contributed by atoms with Gasteiger partial charge in [-0.3, -0.25) is 5.43 Å². The highest BCUT2D eigenvalue weighted by Gasteiger charge is 1.94. The number of rotatable bonds is 6. The Kier molecular flexibility index (Phi) is 6.79. The van der Waals surface area contributed by atoms with Gasteiger partial charge in [0.05, 0.1) is 12.8 Å². The molecule has 0 amide bonds. The van der Waals surface area contributed by atoms with Crippen molar-refractivity contribution in [3.8, 4) is 5.75 Å². The highest BCUT2D eigenvalue weighted by Crippen LogP contribution is 2.12. The summed E-state index contributed by atoms with van der Waals surface area (Å²) in [7, 11) is 0. The van der Waals surface area contributed by atoms with Crippen LogP contribution in [-0.2, 0) is 0 Å². The van der Waals surface area contributed by atoms with Crippen molar-refractivity contribution >= 4 is 23.5 Å². The van der Waals surface area contributed by atoms with E-state index in [0.717, 1.165) is 30.9 Å². The molecule has 5 heteroatoms. The molecule has 0 fully saturated rings. The van der Waals surface area contributed by atoms with Crippen LogP contribution in [0, 0.1) is 0 Å². The molecule has 0 heterocycles. The van der Waals surface area contributed by atoms with Gasteiger partial charge in [0, 0.05) is 6.54 Å². The first-order valence-electron chi connectivity index (χ1n) is 6.06. The largest absolute Gasteiger partial charge is 0.494 e. The zero-order valence-corrected chi connectivity index (χ0v) is 11.6. The van der Waals surface area contributed by atoms with Crippen molar-refractivity contribution in [2.45, 2.75) is 20.3 Å². The predicted octanol–water partition coefficient (Wildman–Crippen LogP) is 2.29. The molecule has 4 nitrogen and oxygen atoms in total. The molecular formula is C13H19N3OS. The average molecular weight is 265 g/mol. The van der Waals surface area contributed by atoms with Crippen LogP contribution in [0.2, 0.25) is 0 Å². The van der Waals surface area contributed by atoms with Crippen molar-refractivity contribution in [2.24, 2.45) is 5.10 Å². The predicted molar refractivity (Wildman–Crippen MR) is 79.2 cm³/mol. The normalized spacial score (nSPS) is 10.3. The molecule has 18 heavy (non-hydrogen) atoms. The standard InChI is InChI=1S/C13H19N3OS/c1-3-8-17-12-7-5-6-11(9-12)10-15-16-13(18)14-4-2/h5-7,9-10H,3-4,8H2,1-2H3,(H2,14,16,18)/b15-10+. The van der Waals surface area contributed by atoms with Crippen molar-refractivity contribution in [3.63, 3.8) is 0 Å². The highest BCUT2D eigenvalue weighted by molar-refractivity contribution is 7.80. The van der Waals surface area contributed by atoms with E-state index in [2.05, 4.69) is 22.8 Å². The molecule has 0 bridgehead atoms. The van der Waals surface area contributed by atoms with Gasteiger partial charge in [-0.15, -0.1) is 0 Å². The van der Waals surface area contributed by atoms with Crippen molar-refractivity contribution in [2.75, 3.05) is 13.2 Å².